The molecule has 2 N–H and O–H groups in total. The molecule has 1 saturated heterocycles. The van der Waals surface area contributed by atoms with Crippen molar-refractivity contribution in [2.24, 2.45) is 0 Å². The SMILES string of the molecule is Cc1nc(C(CO)NCC2CCCO2)cs1. The van der Waals surface area contributed by atoms with Crippen LogP contribution in [0.5, 0.6) is 0 Å². The summed E-state index contributed by atoms with van der Waals surface area (Å²) >= 11 is 1.61. The molecule has 90 valence electrons. The monoisotopic (exact) mass is 242 g/mol. The lowest BCUT2D eigenvalue weighted by Crippen LogP contribution is -2.32. The average molecular weight is 242 g/mol. The van der Waals surface area contributed by atoms with Crippen molar-refractivity contribution in [2.75, 3.05) is 19.8 Å². The van der Waals surface area contributed by atoms with Crippen molar-refractivity contribution in [1.29, 1.82) is 0 Å². The van der Waals surface area contributed by atoms with Gasteiger partial charge in [0.25, 0.3) is 0 Å². The number of aryl methyl sites for hydroxylation is 1. The zero-order valence-corrected chi connectivity index (χ0v) is 10.3. The Morgan fingerprint density at radius 2 is 2.62 bits per heavy atom. The molecule has 4 nitrogen and oxygen atoms in total. The molecule has 0 bridgehead atoms. The summed E-state index contributed by atoms with van der Waals surface area (Å²) in [5.41, 5.74) is 0.933. The van der Waals surface area contributed by atoms with Gasteiger partial charge >= 0.3 is 0 Å². The van der Waals surface area contributed by atoms with Crippen molar-refractivity contribution in [3.05, 3.63) is 16.1 Å². The van der Waals surface area contributed by atoms with Crippen LogP contribution in [0.1, 0.15) is 29.6 Å². The topological polar surface area (TPSA) is 54.4 Å². The van der Waals surface area contributed by atoms with Gasteiger partial charge in [-0.15, -0.1) is 11.3 Å². The highest BCUT2D eigenvalue weighted by molar-refractivity contribution is 7.09. The Hall–Kier alpha value is -0.490. The minimum atomic E-state index is -0.0610. The third kappa shape index (κ3) is 3.01. The van der Waals surface area contributed by atoms with E-state index in [9.17, 15) is 5.11 Å². The second kappa shape index (κ2) is 5.72. The fraction of sp³-hybridized carbons (Fsp3) is 0.727. The molecule has 0 spiro atoms. The van der Waals surface area contributed by atoms with E-state index in [1.165, 1.54) is 0 Å². The average Bonchev–Trinajstić information content (AvgIpc) is 2.91. The molecule has 0 aromatic carbocycles. The maximum absolute atomic E-state index is 9.32. The van der Waals surface area contributed by atoms with Crippen LogP contribution in [0.15, 0.2) is 5.38 Å². The van der Waals surface area contributed by atoms with Crippen LogP contribution in [0.25, 0.3) is 0 Å². The first-order valence-corrected chi connectivity index (χ1v) is 6.55. The van der Waals surface area contributed by atoms with Gasteiger partial charge in [-0.1, -0.05) is 0 Å². The zero-order chi connectivity index (χ0) is 11.4. The normalized spacial score (nSPS) is 22.5. The lowest BCUT2D eigenvalue weighted by atomic mass is 10.2. The Morgan fingerprint density at radius 3 is 3.19 bits per heavy atom. The summed E-state index contributed by atoms with van der Waals surface area (Å²) in [4.78, 5) is 4.38. The first-order chi connectivity index (χ1) is 7.79. The Kier molecular flexibility index (Phi) is 4.29. The fourth-order valence-electron chi connectivity index (χ4n) is 1.88. The van der Waals surface area contributed by atoms with E-state index in [0.717, 1.165) is 36.7 Å². The summed E-state index contributed by atoms with van der Waals surface area (Å²) < 4.78 is 5.53. The van der Waals surface area contributed by atoms with Gasteiger partial charge in [-0.05, 0) is 19.8 Å². The molecule has 2 heterocycles. The fourth-order valence-corrected chi connectivity index (χ4v) is 2.55. The lowest BCUT2D eigenvalue weighted by molar-refractivity contribution is 0.103. The van der Waals surface area contributed by atoms with E-state index >= 15 is 0 Å². The zero-order valence-electron chi connectivity index (χ0n) is 9.48. The molecule has 1 fully saturated rings. The van der Waals surface area contributed by atoms with E-state index in [0.29, 0.717) is 6.10 Å². The summed E-state index contributed by atoms with van der Waals surface area (Å²) in [6.07, 6.45) is 2.56. The Balaban J connectivity index is 1.85. The molecule has 0 radical (unpaired) electrons. The molecule has 1 aromatic heterocycles. The number of hydrogen-bond acceptors (Lipinski definition) is 5. The minimum Gasteiger partial charge on any atom is -0.394 e. The van der Waals surface area contributed by atoms with Crippen LogP contribution in [-0.2, 0) is 4.74 Å². The number of ether oxygens (including phenoxy) is 1. The highest BCUT2D eigenvalue weighted by atomic mass is 32.1. The van der Waals surface area contributed by atoms with Crippen molar-refractivity contribution >= 4 is 11.3 Å². The molecule has 16 heavy (non-hydrogen) atoms. The van der Waals surface area contributed by atoms with Crippen molar-refractivity contribution in [2.45, 2.75) is 31.9 Å². The van der Waals surface area contributed by atoms with Crippen molar-refractivity contribution in [1.82, 2.24) is 10.3 Å². The van der Waals surface area contributed by atoms with E-state index in [2.05, 4.69) is 10.3 Å². The van der Waals surface area contributed by atoms with E-state index in [1.54, 1.807) is 11.3 Å². The molecule has 5 heteroatoms. The van der Waals surface area contributed by atoms with Gasteiger partial charge in [-0.3, -0.25) is 0 Å². The van der Waals surface area contributed by atoms with Crippen molar-refractivity contribution in [3.63, 3.8) is 0 Å². The quantitative estimate of drug-likeness (QED) is 0.816. The molecule has 1 aromatic rings. The minimum absolute atomic E-state index is 0.0610. The van der Waals surface area contributed by atoms with E-state index in [4.69, 9.17) is 4.74 Å². The summed E-state index contributed by atoms with van der Waals surface area (Å²) in [5.74, 6) is 0. The molecule has 1 aliphatic rings. The van der Waals surface area contributed by atoms with Gasteiger partial charge in [0.15, 0.2) is 0 Å². The second-order valence-corrected chi connectivity index (χ2v) is 5.13. The number of nitrogens with zero attached hydrogens (tertiary/aromatic N) is 1. The summed E-state index contributed by atoms with van der Waals surface area (Å²) in [5, 5.41) is 15.7. The van der Waals surface area contributed by atoms with Crippen LogP contribution in [0, 0.1) is 6.92 Å². The van der Waals surface area contributed by atoms with E-state index in [1.807, 2.05) is 12.3 Å². The van der Waals surface area contributed by atoms with Gasteiger partial charge in [-0.25, -0.2) is 4.98 Å². The predicted molar refractivity (Wildman–Crippen MR) is 63.7 cm³/mol. The van der Waals surface area contributed by atoms with Gasteiger partial charge in [-0.2, -0.15) is 0 Å². The lowest BCUT2D eigenvalue weighted by Gasteiger charge is -2.17. The van der Waals surface area contributed by atoms with Gasteiger partial charge in [0.1, 0.15) is 0 Å². The van der Waals surface area contributed by atoms with Gasteiger partial charge in [0, 0.05) is 18.5 Å². The molecular formula is C11H18N2O2S. The smallest absolute Gasteiger partial charge is 0.0898 e. The largest absolute Gasteiger partial charge is 0.394 e. The van der Waals surface area contributed by atoms with Gasteiger partial charge in [0.05, 0.1) is 29.5 Å². The first kappa shape index (κ1) is 12.0. The maximum Gasteiger partial charge on any atom is 0.0898 e. The Labute approximate surface area is 99.7 Å². The molecule has 0 aliphatic carbocycles. The number of aromatic nitrogens is 1. The maximum atomic E-state index is 9.32. The number of aliphatic hydroxyl groups is 1. The summed E-state index contributed by atoms with van der Waals surface area (Å²) in [7, 11) is 0. The summed E-state index contributed by atoms with van der Waals surface area (Å²) in [6, 6.07) is -0.0610. The van der Waals surface area contributed by atoms with Crippen LogP contribution in [-0.4, -0.2) is 36.0 Å². The van der Waals surface area contributed by atoms with E-state index in [-0.39, 0.29) is 12.6 Å². The highest BCUT2D eigenvalue weighted by Gasteiger charge is 2.18. The number of nitrogens with one attached hydrogen (secondary N) is 1. The number of rotatable bonds is 5. The second-order valence-electron chi connectivity index (χ2n) is 4.07. The van der Waals surface area contributed by atoms with Crippen LogP contribution < -0.4 is 5.32 Å². The van der Waals surface area contributed by atoms with Crippen molar-refractivity contribution in [3.8, 4) is 0 Å². The molecule has 2 rings (SSSR count). The van der Waals surface area contributed by atoms with Crippen LogP contribution in [0.4, 0.5) is 0 Å². The molecule has 1 aliphatic heterocycles. The molecule has 2 atom stereocenters. The molecule has 2 unspecified atom stereocenters. The number of thiazole rings is 1. The standard InChI is InChI=1S/C11H18N2O2S/c1-8-13-11(7-16-8)10(6-14)12-5-9-3-2-4-15-9/h7,9-10,12,14H,2-6H2,1H3. The predicted octanol–water partition coefficient (Wildman–Crippen LogP) is 1.25. The molecule has 0 amide bonds. The first-order valence-electron chi connectivity index (χ1n) is 5.67. The highest BCUT2D eigenvalue weighted by Crippen LogP contribution is 2.17. The summed E-state index contributed by atoms with van der Waals surface area (Å²) in [6.45, 7) is 3.71. The van der Waals surface area contributed by atoms with Gasteiger partial charge < -0.3 is 15.2 Å². The van der Waals surface area contributed by atoms with Crippen LogP contribution in [0.2, 0.25) is 0 Å². The van der Waals surface area contributed by atoms with Crippen molar-refractivity contribution < 1.29 is 9.84 Å². The molecular weight excluding hydrogens is 224 g/mol. The van der Waals surface area contributed by atoms with Crippen LogP contribution >= 0.6 is 11.3 Å². The Bertz CT molecular complexity index is 324. The number of aliphatic hydroxyl groups excluding tert-OH is 1. The van der Waals surface area contributed by atoms with E-state index < -0.39 is 0 Å². The third-order valence-corrected chi connectivity index (χ3v) is 3.58. The Morgan fingerprint density at radius 1 is 1.75 bits per heavy atom. The van der Waals surface area contributed by atoms with Gasteiger partial charge in [0.2, 0.25) is 0 Å². The number of hydrogen-bond donors (Lipinski definition) is 2. The van der Waals surface area contributed by atoms with Crippen LogP contribution in [0.3, 0.4) is 0 Å². The third-order valence-electron chi connectivity index (χ3n) is 2.79. The molecule has 0 saturated carbocycles.